The topological polar surface area (TPSA) is 29.5 Å². The summed E-state index contributed by atoms with van der Waals surface area (Å²) in [4.78, 5) is 15.3. The summed E-state index contributed by atoms with van der Waals surface area (Å²) in [6.07, 6.45) is -0.258. The van der Waals surface area contributed by atoms with Crippen LogP contribution in [0, 0.1) is 0 Å². The third kappa shape index (κ3) is 3.54. The van der Waals surface area contributed by atoms with Crippen molar-refractivity contribution in [2.45, 2.75) is 25.0 Å². The van der Waals surface area contributed by atoms with Crippen LogP contribution in [0.3, 0.4) is 0 Å². The van der Waals surface area contributed by atoms with Gasteiger partial charge < -0.3 is 0 Å². The Morgan fingerprint density at radius 2 is 1.36 bits per heavy atom. The van der Waals surface area contributed by atoms with Crippen LogP contribution in [-0.4, -0.2) is 31.1 Å². The van der Waals surface area contributed by atoms with Gasteiger partial charge in [0.05, 0.1) is 0 Å². The number of rotatable bonds is 4. The SMILES string of the molecule is CC(C(=O)N1C(=[Se])O[C@H](c2ccccc2)[C@@H]1c1ccccc1)c1ccccc1. The van der Waals surface area contributed by atoms with Gasteiger partial charge in [0.25, 0.3) is 0 Å². The summed E-state index contributed by atoms with van der Waals surface area (Å²) < 4.78 is 6.72. The summed E-state index contributed by atoms with van der Waals surface area (Å²) in [6, 6.07) is 29.8. The minimum atomic E-state index is -0.270. The molecule has 3 atom stereocenters. The Hall–Kier alpha value is -2.68. The third-order valence-corrected chi connectivity index (χ3v) is 5.78. The van der Waals surface area contributed by atoms with Crippen molar-refractivity contribution in [3.63, 3.8) is 0 Å². The summed E-state index contributed by atoms with van der Waals surface area (Å²) in [5, 5.41) is 0. The van der Waals surface area contributed by atoms with Gasteiger partial charge in [-0.25, -0.2) is 0 Å². The van der Waals surface area contributed by atoms with Crippen LogP contribution in [0.25, 0.3) is 0 Å². The molecular weight excluding hydrogens is 413 g/mol. The molecule has 0 N–H and O–H groups in total. The van der Waals surface area contributed by atoms with Crippen molar-refractivity contribution < 1.29 is 9.53 Å². The Morgan fingerprint density at radius 3 is 1.93 bits per heavy atom. The zero-order chi connectivity index (χ0) is 19.5. The first kappa shape index (κ1) is 18.7. The Balaban J connectivity index is 1.74. The number of amides is 1. The average Bonchev–Trinajstić information content (AvgIpc) is 3.11. The van der Waals surface area contributed by atoms with Crippen molar-refractivity contribution in [1.82, 2.24) is 4.90 Å². The predicted octanol–water partition coefficient (Wildman–Crippen LogP) is 4.39. The van der Waals surface area contributed by atoms with Gasteiger partial charge in [-0.05, 0) is 0 Å². The maximum atomic E-state index is 13.5. The molecule has 0 aromatic heterocycles. The molecule has 1 unspecified atom stereocenters. The second kappa shape index (κ2) is 8.14. The van der Waals surface area contributed by atoms with Gasteiger partial charge in [0, 0.05) is 0 Å². The van der Waals surface area contributed by atoms with Crippen LogP contribution in [0.4, 0.5) is 0 Å². The molecule has 0 spiro atoms. The van der Waals surface area contributed by atoms with E-state index in [-0.39, 0.29) is 24.0 Å². The Morgan fingerprint density at radius 1 is 0.857 bits per heavy atom. The fourth-order valence-electron chi connectivity index (χ4n) is 3.67. The number of nitrogens with zero attached hydrogens (tertiary/aromatic N) is 1. The van der Waals surface area contributed by atoms with E-state index in [1.165, 1.54) is 0 Å². The average molecular weight is 434 g/mol. The van der Waals surface area contributed by atoms with Crippen molar-refractivity contribution in [2.24, 2.45) is 0 Å². The number of carbonyl (C=O) groups excluding carboxylic acids is 1. The molecule has 28 heavy (non-hydrogen) atoms. The molecule has 3 aromatic rings. The summed E-state index contributed by atoms with van der Waals surface area (Å²) in [5.41, 5.74) is 3.09. The summed E-state index contributed by atoms with van der Waals surface area (Å²) in [5.74, 6) is -0.249. The van der Waals surface area contributed by atoms with Crippen LogP contribution < -0.4 is 0 Å². The molecule has 1 aliphatic rings. The molecular formula is C24H21NO2Se. The van der Waals surface area contributed by atoms with E-state index in [4.69, 9.17) is 4.74 Å². The zero-order valence-corrected chi connectivity index (χ0v) is 17.3. The van der Waals surface area contributed by atoms with Gasteiger partial charge >= 0.3 is 173 Å². The van der Waals surface area contributed by atoms with Gasteiger partial charge in [-0.3, -0.25) is 0 Å². The monoisotopic (exact) mass is 435 g/mol. The summed E-state index contributed by atoms with van der Waals surface area (Å²) in [7, 11) is 0. The van der Waals surface area contributed by atoms with Crippen molar-refractivity contribution >= 4 is 26.2 Å². The quantitative estimate of drug-likeness (QED) is 0.571. The minimum absolute atomic E-state index is 0.0206. The molecule has 0 saturated carbocycles. The van der Waals surface area contributed by atoms with Gasteiger partial charge in [0.2, 0.25) is 0 Å². The second-order valence-corrected chi connectivity index (χ2v) is 7.64. The van der Waals surface area contributed by atoms with Gasteiger partial charge in [0.1, 0.15) is 0 Å². The number of benzene rings is 3. The molecule has 3 aromatic carbocycles. The molecule has 140 valence electrons. The molecule has 1 aliphatic heterocycles. The number of hydrogen-bond acceptors (Lipinski definition) is 2. The molecule has 0 radical (unpaired) electrons. The van der Waals surface area contributed by atoms with E-state index in [9.17, 15) is 4.79 Å². The van der Waals surface area contributed by atoms with Crippen molar-refractivity contribution in [3.05, 3.63) is 108 Å². The van der Waals surface area contributed by atoms with Crippen LogP contribution >= 0.6 is 0 Å². The molecule has 1 fully saturated rings. The molecule has 1 saturated heterocycles. The standard InChI is InChI=1S/C24H21NO2Se/c1-17(18-11-5-2-6-12-18)23(26)25-21(19-13-7-3-8-14-19)22(27-24(25)28)20-15-9-4-10-16-20/h2-17,21-22H,1H3/t17?,21-,22+/m0/s1. The van der Waals surface area contributed by atoms with Crippen LogP contribution in [0.2, 0.25) is 0 Å². The third-order valence-electron chi connectivity index (χ3n) is 5.17. The number of ether oxygens (including phenoxy) is 1. The van der Waals surface area contributed by atoms with Crippen molar-refractivity contribution in [1.29, 1.82) is 0 Å². The van der Waals surface area contributed by atoms with Gasteiger partial charge in [-0.1, -0.05) is 0 Å². The number of hydrogen-bond donors (Lipinski definition) is 0. The van der Waals surface area contributed by atoms with Crippen LogP contribution in [-0.2, 0) is 9.53 Å². The van der Waals surface area contributed by atoms with Crippen molar-refractivity contribution in [3.8, 4) is 0 Å². The van der Waals surface area contributed by atoms with E-state index in [0.29, 0.717) is 4.73 Å². The summed E-state index contributed by atoms with van der Waals surface area (Å²) in [6.45, 7) is 1.95. The molecule has 4 rings (SSSR count). The van der Waals surface area contributed by atoms with Gasteiger partial charge in [0.15, 0.2) is 0 Å². The van der Waals surface area contributed by atoms with E-state index in [1.54, 1.807) is 4.90 Å². The fourth-order valence-corrected chi connectivity index (χ4v) is 4.31. The molecule has 0 bridgehead atoms. The second-order valence-electron chi connectivity index (χ2n) is 6.91. The first-order chi connectivity index (χ1) is 13.7. The molecule has 4 heteroatoms. The molecule has 1 heterocycles. The summed E-state index contributed by atoms with van der Waals surface area (Å²) >= 11 is 2.98. The Kier molecular flexibility index (Phi) is 5.42. The Bertz CT molecular complexity index is 960. The molecule has 0 aliphatic carbocycles. The molecule has 3 nitrogen and oxygen atoms in total. The van der Waals surface area contributed by atoms with Gasteiger partial charge in [-0.15, -0.1) is 0 Å². The van der Waals surface area contributed by atoms with Gasteiger partial charge in [-0.2, -0.15) is 0 Å². The van der Waals surface area contributed by atoms with Crippen LogP contribution in [0.1, 0.15) is 41.7 Å². The Labute approximate surface area is 173 Å². The van der Waals surface area contributed by atoms with E-state index < -0.39 is 0 Å². The first-order valence-electron chi connectivity index (χ1n) is 9.35. The van der Waals surface area contributed by atoms with Crippen LogP contribution in [0.5, 0.6) is 0 Å². The zero-order valence-electron chi connectivity index (χ0n) is 15.6. The van der Waals surface area contributed by atoms with Crippen LogP contribution in [0.15, 0.2) is 91.0 Å². The predicted molar refractivity (Wildman–Crippen MR) is 112 cm³/mol. The fraction of sp³-hybridized carbons (Fsp3) is 0.167. The maximum absolute atomic E-state index is 13.5. The molecule has 1 amide bonds. The van der Waals surface area contributed by atoms with E-state index >= 15 is 0 Å². The first-order valence-corrected chi connectivity index (χ1v) is 10.2. The van der Waals surface area contributed by atoms with Crippen molar-refractivity contribution in [2.75, 3.05) is 0 Å². The van der Waals surface area contributed by atoms with E-state index in [1.807, 2.05) is 85.8 Å². The normalized spacial score (nSPS) is 19.9. The van der Waals surface area contributed by atoms with E-state index in [2.05, 4.69) is 27.7 Å². The number of carbonyl (C=O) groups is 1. The van der Waals surface area contributed by atoms with E-state index in [0.717, 1.165) is 16.7 Å².